The Morgan fingerprint density at radius 3 is 1.57 bits per heavy atom. The van der Waals surface area contributed by atoms with Crippen molar-refractivity contribution in [3.63, 3.8) is 0 Å². The normalized spacial score (nSPS) is 19.4. The number of ether oxygens (including phenoxy) is 3. The van der Waals surface area contributed by atoms with Crippen LogP contribution in [0.5, 0.6) is 11.5 Å². The molecule has 0 spiro atoms. The number of benzene rings is 6. The van der Waals surface area contributed by atoms with Gasteiger partial charge in [-0.05, 0) is 67.3 Å². The minimum atomic E-state index is -0.275. The summed E-state index contributed by atoms with van der Waals surface area (Å²) in [5.41, 5.74) is 11.7. The van der Waals surface area contributed by atoms with E-state index in [9.17, 15) is 4.79 Å². The highest BCUT2D eigenvalue weighted by atomic mass is 16.5. The monoisotopic (exact) mass is 925 g/mol. The molecule has 4 aliphatic rings. The molecule has 6 aromatic carbocycles. The van der Waals surface area contributed by atoms with E-state index in [0.717, 1.165) is 107 Å². The predicted octanol–water partition coefficient (Wildman–Crippen LogP) is 8.53. The van der Waals surface area contributed by atoms with Crippen LogP contribution in [0.25, 0.3) is 0 Å². The number of nitrogens with one attached hydrogen (secondary N) is 1. The van der Waals surface area contributed by atoms with Crippen molar-refractivity contribution < 1.29 is 19.0 Å². The fourth-order valence-corrected chi connectivity index (χ4v) is 10.8. The minimum Gasteiger partial charge on any atom is -0.491 e. The van der Waals surface area contributed by atoms with Gasteiger partial charge in [0.15, 0.2) is 0 Å². The Morgan fingerprint density at radius 2 is 1.06 bits per heavy atom. The molecule has 69 heavy (non-hydrogen) atoms. The minimum absolute atomic E-state index is 0.126. The van der Waals surface area contributed by atoms with Gasteiger partial charge in [0.25, 0.3) is 0 Å². The fourth-order valence-electron chi connectivity index (χ4n) is 10.8. The van der Waals surface area contributed by atoms with Crippen LogP contribution in [0.15, 0.2) is 146 Å². The lowest BCUT2D eigenvalue weighted by Gasteiger charge is -2.41. The number of piperazine rings is 2. The van der Waals surface area contributed by atoms with Gasteiger partial charge < -0.3 is 34.2 Å². The van der Waals surface area contributed by atoms with Gasteiger partial charge in [0.2, 0.25) is 0 Å². The summed E-state index contributed by atoms with van der Waals surface area (Å²) < 4.78 is 20.0. The summed E-state index contributed by atoms with van der Waals surface area (Å²) >= 11 is 0. The van der Waals surface area contributed by atoms with Crippen molar-refractivity contribution in [1.29, 1.82) is 0 Å². The van der Waals surface area contributed by atoms with Crippen LogP contribution in [-0.2, 0) is 61.6 Å². The molecule has 4 heterocycles. The van der Waals surface area contributed by atoms with E-state index < -0.39 is 0 Å². The highest BCUT2D eigenvalue weighted by Gasteiger charge is 2.34. The van der Waals surface area contributed by atoms with Gasteiger partial charge >= 0.3 is 5.97 Å². The summed E-state index contributed by atoms with van der Waals surface area (Å²) in [4.78, 5) is 26.7. The lowest BCUT2D eigenvalue weighted by molar-refractivity contribution is -0.144. The second kappa shape index (κ2) is 22.1. The molecule has 2 fully saturated rings. The SMILES string of the molecule is CC1CNCCN1c1ccc(CC(=O)OCc2ccc(N3CCN(C)CC3)c3c2OC[C@@H](N(Cc2ccccc2)Cc2ccccc2)C3)c2c1C[C@H](N(Cc1ccccc1)Cc1ccccc1)CO2. The molecular weight excluding hydrogens is 857 g/mol. The van der Waals surface area contributed by atoms with E-state index in [1.165, 1.54) is 44.8 Å². The van der Waals surface area contributed by atoms with E-state index in [2.05, 4.69) is 189 Å². The fraction of sp³-hybridized carbons (Fsp3) is 0.373. The maximum absolute atomic E-state index is 14.1. The first-order valence-electron chi connectivity index (χ1n) is 25.2. The van der Waals surface area contributed by atoms with Gasteiger partial charge in [0.1, 0.15) is 31.3 Å². The van der Waals surface area contributed by atoms with E-state index in [1.807, 2.05) is 0 Å². The standard InChI is InChI=1S/C59H68N6O4/c1-44-36-60-27-28-65(44)56-26-23-49(58-54(56)35-52(42-68-58)64(39-47-19-11-5-12-20-47)40-48-21-13-6-14-22-48)33-57(66)67-41-50-24-25-55(62-31-29-61(2)30-32-62)53-34-51(43-69-59(50)53)63(37-45-15-7-3-8-16-45)38-46-17-9-4-10-18-46/h3-26,44,51-52,60H,27-43H2,1-2H3/t44?,51-,52-/m0/s1. The molecule has 0 aromatic heterocycles. The Morgan fingerprint density at radius 1 is 0.594 bits per heavy atom. The maximum Gasteiger partial charge on any atom is 0.310 e. The van der Waals surface area contributed by atoms with Crippen molar-refractivity contribution in [1.82, 2.24) is 20.0 Å². The van der Waals surface area contributed by atoms with Gasteiger partial charge in [0, 0.05) is 124 Å². The quantitative estimate of drug-likeness (QED) is 0.0957. The van der Waals surface area contributed by atoms with E-state index in [1.54, 1.807) is 0 Å². The third-order valence-electron chi connectivity index (χ3n) is 14.7. The molecule has 0 amide bonds. The number of anilines is 2. The number of carbonyl (C=O) groups is 1. The number of esters is 1. The Kier molecular flexibility index (Phi) is 14.9. The molecule has 4 aliphatic heterocycles. The first kappa shape index (κ1) is 46.6. The molecule has 2 saturated heterocycles. The number of fused-ring (bicyclic) bond motifs is 2. The predicted molar refractivity (Wildman–Crippen MR) is 276 cm³/mol. The summed E-state index contributed by atoms with van der Waals surface area (Å²) in [7, 11) is 2.20. The molecule has 0 aliphatic carbocycles. The summed E-state index contributed by atoms with van der Waals surface area (Å²) in [5.74, 6) is 1.43. The van der Waals surface area contributed by atoms with Gasteiger partial charge in [-0.15, -0.1) is 0 Å². The third kappa shape index (κ3) is 11.3. The lowest BCUT2D eigenvalue weighted by atomic mass is 9.93. The average Bonchev–Trinajstić information content (AvgIpc) is 3.39. The molecule has 1 unspecified atom stereocenters. The molecule has 3 atom stereocenters. The molecule has 358 valence electrons. The molecular formula is C59H68N6O4. The van der Waals surface area contributed by atoms with E-state index in [0.29, 0.717) is 19.3 Å². The van der Waals surface area contributed by atoms with Gasteiger partial charge in [-0.25, -0.2) is 0 Å². The number of carbonyl (C=O) groups excluding carboxylic acids is 1. The molecule has 10 rings (SSSR count). The van der Waals surface area contributed by atoms with Crippen LogP contribution in [0, 0.1) is 0 Å². The van der Waals surface area contributed by atoms with Crippen LogP contribution in [0.1, 0.15) is 51.4 Å². The van der Waals surface area contributed by atoms with Gasteiger partial charge in [0.05, 0.1) is 6.42 Å². The van der Waals surface area contributed by atoms with Crippen LogP contribution in [-0.4, -0.2) is 105 Å². The first-order chi connectivity index (χ1) is 33.9. The van der Waals surface area contributed by atoms with Crippen LogP contribution < -0.4 is 24.6 Å². The number of likely N-dealkylation sites (N-methyl/N-ethyl adjacent to an activating group) is 1. The second-order valence-corrected chi connectivity index (χ2v) is 19.6. The van der Waals surface area contributed by atoms with Crippen molar-refractivity contribution in [3.8, 4) is 11.5 Å². The van der Waals surface area contributed by atoms with E-state index in [4.69, 9.17) is 14.2 Å². The smallest absolute Gasteiger partial charge is 0.310 e. The largest absolute Gasteiger partial charge is 0.491 e. The van der Waals surface area contributed by atoms with Crippen molar-refractivity contribution in [3.05, 3.63) is 190 Å². The van der Waals surface area contributed by atoms with Crippen molar-refractivity contribution >= 4 is 17.3 Å². The zero-order valence-corrected chi connectivity index (χ0v) is 40.5. The molecule has 0 saturated carbocycles. The Labute approximate surface area is 409 Å². The zero-order chi connectivity index (χ0) is 46.9. The summed E-state index contributed by atoms with van der Waals surface area (Å²) in [6.45, 7) is 13.5. The summed E-state index contributed by atoms with van der Waals surface area (Å²) in [6.07, 6.45) is 1.79. The van der Waals surface area contributed by atoms with Gasteiger partial charge in [-0.1, -0.05) is 127 Å². The molecule has 10 nitrogen and oxygen atoms in total. The molecule has 1 N–H and O–H groups in total. The van der Waals surface area contributed by atoms with Crippen LogP contribution in [0.2, 0.25) is 0 Å². The van der Waals surface area contributed by atoms with Gasteiger partial charge in [-0.2, -0.15) is 0 Å². The number of nitrogens with zero attached hydrogens (tertiary/aromatic N) is 5. The topological polar surface area (TPSA) is 73.0 Å². The second-order valence-electron chi connectivity index (χ2n) is 19.6. The van der Waals surface area contributed by atoms with Crippen molar-refractivity contribution in [2.75, 3.05) is 75.9 Å². The van der Waals surface area contributed by atoms with E-state index in [-0.39, 0.29) is 31.1 Å². The highest BCUT2D eigenvalue weighted by molar-refractivity contribution is 5.76. The van der Waals surface area contributed by atoms with Crippen LogP contribution in [0.3, 0.4) is 0 Å². The first-order valence-corrected chi connectivity index (χ1v) is 25.2. The van der Waals surface area contributed by atoms with Crippen molar-refractivity contribution in [2.45, 2.75) is 77.1 Å². The molecule has 0 radical (unpaired) electrons. The Hall–Kier alpha value is -6.17. The molecule has 0 bridgehead atoms. The Balaban J connectivity index is 0.897. The highest BCUT2D eigenvalue weighted by Crippen LogP contribution is 2.41. The number of hydrogen-bond donors (Lipinski definition) is 1. The lowest BCUT2D eigenvalue weighted by Crippen LogP contribution is -2.50. The average molecular weight is 925 g/mol. The summed E-state index contributed by atoms with van der Waals surface area (Å²) in [6, 6.07) is 52.3. The Bertz CT molecular complexity index is 2530. The summed E-state index contributed by atoms with van der Waals surface area (Å²) in [5, 5.41) is 3.57. The molecule has 10 heteroatoms. The van der Waals surface area contributed by atoms with E-state index >= 15 is 0 Å². The third-order valence-corrected chi connectivity index (χ3v) is 14.7. The zero-order valence-electron chi connectivity index (χ0n) is 40.5. The maximum atomic E-state index is 14.1. The number of rotatable bonds is 16. The van der Waals surface area contributed by atoms with Crippen molar-refractivity contribution in [2.24, 2.45) is 0 Å². The molecule has 6 aromatic rings. The van der Waals surface area contributed by atoms with Crippen LogP contribution >= 0.6 is 0 Å². The number of hydrogen-bond acceptors (Lipinski definition) is 10. The van der Waals surface area contributed by atoms with Gasteiger partial charge in [-0.3, -0.25) is 14.6 Å². The van der Waals surface area contributed by atoms with Crippen LogP contribution in [0.4, 0.5) is 11.4 Å².